The zero-order valence-electron chi connectivity index (χ0n) is 23.8. The number of piperazine rings is 1. The number of nitrogens with zero attached hydrogens (tertiary/aromatic N) is 3. The SMILES string of the molecule is CN1CCN(CCNC(=O)c2cccc(-c3ccc(F)c(C(=O)Nc4cn[nH]c4C(=O)Nc4ccc(F)cc4)c3F)c2)CC1. The number of carbonyl (C=O) groups is 3. The standard InChI is InChI=1S/C31H30F3N7O3/c1-40-13-15-41(16-14-40)12-11-35-29(42)20-4-2-3-19(17-20)23-9-10-24(33)26(27(23)34)30(43)38-25-18-36-39-28(25)31(44)37-22-7-5-21(32)6-8-22/h2-10,17-18H,11-16H2,1H3,(H,35,42)(H,36,39)(H,37,44)(H,38,43). The fourth-order valence-electron chi connectivity index (χ4n) is 4.78. The Morgan fingerprint density at radius 2 is 1.64 bits per heavy atom. The molecule has 0 atom stereocenters. The lowest BCUT2D eigenvalue weighted by Crippen LogP contribution is -2.46. The Hall–Kier alpha value is -5.01. The summed E-state index contributed by atoms with van der Waals surface area (Å²) in [5, 5.41) is 13.9. The molecule has 0 spiro atoms. The van der Waals surface area contributed by atoms with Crippen LogP contribution in [0.25, 0.3) is 11.1 Å². The van der Waals surface area contributed by atoms with Gasteiger partial charge in [-0.25, -0.2) is 13.2 Å². The van der Waals surface area contributed by atoms with E-state index in [1.165, 1.54) is 24.3 Å². The van der Waals surface area contributed by atoms with Gasteiger partial charge in [0.2, 0.25) is 0 Å². The molecule has 1 saturated heterocycles. The molecule has 0 aliphatic carbocycles. The highest BCUT2D eigenvalue weighted by molar-refractivity contribution is 6.12. The first kappa shape index (κ1) is 30.4. The number of hydrogen-bond acceptors (Lipinski definition) is 6. The number of benzene rings is 3. The molecule has 3 aromatic carbocycles. The fraction of sp³-hybridized carbons (Fsp3) is 0.226. The van der Waals surface area contributed by atoms with Crippen LogP contribution >= 0.6 is 0 Å². The topological polar surface area (TPSA) is 122 Å². The van der Waals surface area contributed by atoms with Crippen LogP contribution < -0.4 is 16.0 Å². The van der Waals surface area contributed by atoms with Gasteiger partial charge in [0.25, 0.3) is 17.7 Å². The van der Waals surface area contributed by atoms with E-state index in [0.717, 1.165) is 50.6 Å². The van der Waals surface area contributed by atoms with Crippen molar-refractivity contribution in [1.82, 2.24) is 25.3 Å². The molecule has 1 aliphatic rings. The highest BCUT2D eigenvalue weighted by Gasteiger charge is 2.24. The van der Waals surface area contributed by atoms with Crippen LogP contribution in [0.4, 0.5) is 24.5 Å². The number of carbonyl (C=O) groups excluding carboxylic acids is 3. The van der Waals surface area contributed by atoms with E-state index in [1.54, 1.807) is 18.2 Å². The monoisotopic (exact) mass is 605 g/mol. The number of H-pyrrole nitrogens is 1. The molecule has 10 nitrogen and oxygen atoms in total. The molecule has 3 amide bonds. The second-order valence-corrected chi connectivity index (χ2v) is 10.3. The van der Waals surface area contributed by atoms with Crippen LogP contribution in [0.1, 0.15) is 31.2 Å². The van der Waals surface area contributed by atoms with Gasteiger partial charge in [0.15, 0.2) is 0 Å². The van der Waals surface area contributed by atoms with E-state index in [0.29, 0.717) is 13.1 Å². The van der Waals surface area contributed by atoms with Crippen molar-refractivity contribution in [2.45, 2.75) is 0 Å². The fourth-order valence-corrected chi connectivity index (χ4v) is 4.78. The quantitative estimate of drug-likeness (QED) is 0.229. The molecule has 4 aromatic rings. The lowest BCUT2D eigenvalue weighted by Gasteiger charge is -2.32. The van der Waals surface area contributed by atoms with Crippen LogP contribution in [0.3, 0.4) is 0 Å². The number of anilines is 2. The zero-order chi connectivity index (χ0) is 31.2. The molecule has 0 radical (unpaired) electrons. The molecule has 4 N–H and O–H groups in total. The predicted octanol–water partition coefficient (Wildman–Crippen LogP) is 3.98. The molecule has 2 heterocycles. The van der Waals surface area contributed by atoms with Gasteiger partial charge in [-0.3, -0.25) is 24.4 Å². The molecule has 1 aliphatic heterocycles. The van der Waals surface area contributed by atoms with Gasteiger partial charge < -0.3 is 20.9 Å². The van der Waals surface area contributed by atoms with Crippen molar-refractivity contribution in [2.75, 3.05) is 56.9 Å². The highest BCUT2D eigenvalue weighted by Crippen LogP contribution is 2.28. The number of rotatable bonds is 9. The van der Waals surface area contributed by atoms with Crippen molar-refractivity contribution in [3.05, 3.63) is 101 Å². The van der Waals surface area contributed by atoms with E-state index in [9.17, 15) is 23.2 Å². The Kier molecular flexibility index (Phi) is 9.36. The Morgan fingerprint density at radius 1 is 0.886 bits per heavy atom. The summed E-state index contributed by atoms with van der Waals surface area (Å²) in [4.78, 5) is 43.1. The van der Waals surface area contributed by atoms with Gasteiger partial charge in [-0.15, -0.1) is 0 Å². The van der Waals surface area contributed by atoms with Gasteiger partial charge in [-0.1, -0.05) is 12.1 Å². The summed E-state index contributed by atoms with van der Waals surface area (Å²) in [5.41, 5.74) is -0.462. The first-order valence-corrected chi connectivity index (χ1v) is 13.9. The van der Waals surface area contributed by atoms with Gasteiger partial charge in [0.05, 0.1) is 11.9 Å². The molecular formula is C31H30F3N7O3. The van der Waals surface area contributed by atoms with Crippen LogP contribution in [0.15, 0.2) is 66.9 Å². The second kappa shape index (κ2) is 13.5. The molecule has 1 aromatic heterocycles. The summed E-state index contributed by atoms with van der Waals surface area (Å²) in [6.07, 6.45) is 1.11. The van der Waals surface area contributed by atoms with E-state index in [4.69, 9.17) is 0 Å². The molecule has 0 bridgehead atoms. The molecule has 0 saturated carbocycles. The summed E-state index contributed by atoms with van der Waals surface area (Å²) in [6.45, 7) is 4.93. The van der Waals surface area contributed by atoms with Crippen molar-refractivity contribution in [2.24, 2.45) is 0 Å². The minimum Gasteiger partial charge on any atom is -0.351 e. The van der Waals surface area contributed by atoms with Crippen LogP contribution in [-0.4, -0.2) is 84.0 Å². The Bertz CT molecular complexity index is 1670. The average Bonchev–Trinajstić information content (AvgIpc) is 3.47. The van der Waals surface area contributed by atoms with E-state index < -0.39 is 34.8 Å². The first-order valence-electron chi connectivity index (χ1n) is 13.9. The first-order chi connectivity index (χ1) is 21.2. The largest absolute Gasteiger partial charge is 0.351 e. The molecular weight excluding hydrogens is 575 g/mol. The Morgan fingerprint density at radius 3 is 2.39 bits per heavy atom. The van der Waals surface area contributed by atoms with Gasteiger partial charge in [0.1, 0.15) is 28.7 Å². The summed E-state index contributed by atoms with van der Waals surface area (Å²) in [6, 6.07) is 13.3. The molecule has 1 fully saturated rings. The average molecular weight is 606 g/mol. The van der Waals surface area contributed by atoms with Crippen LogP contribution in [-0.2, 0) is 0 Å². The molecule has 44 heavy (non-hydrogen) atoms. The van der Waals surface area contributed by atoms with Crippen molar-refractivity contribution in [3.8, 4) is 11.1 Å². The third-order valence-electron chi connectivity index (χ3n) is 7.28. The van der Waals surface area contributed by atoms with Gasteiger partial charge in [-0.2, -0.15) is 5.10 Å². The summed E-state index contributed by atoms with van der Waals surface area (Å²) in [5.74, 6) is -4.98. The Balaban J connectivity index is 1.28. The van der Waals surface area contributed by atoms with Crippen LogP contribution in [0, 0.1) is 17.5 Å². The van der Waals surface area contributed by atoms with Crippen molar-refractivity contribution >= 4 is 29.1 Å². The predicted molar refractivity (Wildman–Crippen MR) is 159 cm³/mol. The third-order valence-corrected chi connectivity index (χ3v) is 7.28. The van der Waals surface area contributed by atoms with Crippen molar-refractivity contribution in [3.63, 3.8) is 0 Å². The second-order valence-electron chi connectivity index (χ2n) is 10.3. The number of halogens is 3. The number of amides is 3. The number of hydrogen-bond donors (Lipinski definition) is 4. The number of aromatic nitrogens is 2. The maximum Gasteiger partial charge on any atom is 0.275 e. The van der Waals surface area contributed by atoms with Gasteiger partial charge >= 0.3 is 0 Å². The maximum atomic E-state index is 15.7. The smallest absolute Gasteiger partial charge is 0.275 e. The zero-order valence-corrected chi connectivity index (χ0v) is 23.8. The molecule has 228 valence electrons. The number of likely N-dealkylation sites (N-methyl/N-ethyl adjacent to an activating group) is 1. The van der Waals surface area contributed by atoms with E-state index >= 15 is 4.39 Å². The van der Waals surface area contributed by atoms with E-state index in [-0.39, 0.29) is 39.7 Å². The number of nitrogens with one attached hydrogen (secondary N) is 4. The van der Waals surface area contributed by atoms with Crippen LogP contribution in [0.5, 0.6) is 0 Å². The summed E-state index contributed by atoms with van der Waals surface area (Å²) >= 11 is 0. The Labute approximate surface area is 251 Å². The number of aromatic amines is 1. The molecule has 0 unspecified atom stereocenters. The lowest BCUT2D eigenvalue weighted by molar-refractivity contribution is 0.0939. The van der Waals surface area contributed by atoms with E-state index in [1.807, 2.05) is 0 Å². The molecule has 13 heteroatoms. The minimum atomic E-state index is -1.16. The van der Waals surface area contributed by atoms with E-state index in [2.05, 4.69) is 43.0 Å². The normalized spacial score (nSPS) is 13.8. The van der Waals surface area contributed by atoms with Gasteiger partial charge in [0, 0.05) is 56.1 Å². The lowest BCUT2D eigenvalue weighted by atomic mass is 9.99. The van der Waals surface area contributed by atoms with Crippen molar-refractivity contribution in [1.29, 1.82) is 0 Å². The van der Waals surface area contributed by atoms with Crippen LogP contribution in [0.2, 0.25) is 0 Å². The summed E-state index contributed by atoms with van der Waals surface area (Å²) in [7, 11) is 2.07. The van der Waals surface area contributed by atoms with Crippen molar-refractivity contribution < 1.29 is 27.6 Å². The maximum absolute atomic E-state index is 15.7. The summed E-state index contributed by atoms with van der Waals surface area (Å²) < 4.78 is 43.7. The van der Waals surface area contributed by atoms with Gasteiger partial charge in [-0.05, 0) is 61.1 Å². The highest BCUT2D eigenvalue weighted by atomic mass is 19.1. The minimum absolute atomic E-state index is 0.0925. The third kappa shape index (κ3) is 7.13. The molecule has 5 rings (SSSR count).